The first-order chi connectivity index (χ1) is 9.93. The van der Waals surface area contributed by atoms with Crippen LogP contribution in [0.3, 0.4) is 0 Å². The number of carbonyl (C=O) groups is 2. The first-order valence-electron chi connectivity index (χ1n) is 6.00. The van der Waals surface area contributed by atoms with E-state index >= 15 is 0 Å². The minimum Gasteiger partial charge on any atom is -0.496 e. The van der Waals surface area contributed by atoms with Gasteiger partial charge in [0.25, 0.3) is 5.91 Å². The van der Waals surface area contributed by atoms with Gasteiger partial charge in [-0.15, -0.1) is 0 Å². The number of aromatic nitrogens is 1. The summed E-state index contributed by atoms with van der Waals surface area (Å²) in [5.74, 6) is -1.15. The van der Waals surface area contributed by atoms with E-state index < -0.39 is 11.9 Å². The molecule has 2 aromatic rings. The summed E-state index contributed by atoms with van der Waals surface area (Å²) in [7, 11) is 1.46. The van der Waals surface area contributed by atoms with Crippen molar-refractivity contribution in [3.8, 4) is 5.75 Å². The molecule has 6 nitrogen and oxygen atoms in total. The number of aromatic carboxylic acids is 1. The number of rotatable bonds is 4. The van der Waals surface area contributed by atoms with E-state index in [0.717, 1.165) is 4.47 Å². The Balaban J connectivity index is 2.33. The topological polar surface area (TPSA) is 91.4 Å². The Morgan fingerprint density at radius 2 is 2.10 bits per heavy atom. The number of ether oxygens (including phenoxy) is 1. The van der Waals surface area contributed by atoms with Gasteiger partial charge in [-0.05, 0) is 25.1 Å². The lowest BCUT2D eigenvalue weighted by atomic mass is 10.1. The number of carbonyl (C=O) groups excluding carboxylic acids is 1. The Kier molecular flexibility index (Phi) is 4.32. The number of hydrogen-bond acceptors (Lipinski definition) is 3. The van der Waals surface area contributed by atoms with Gasteiger partial charge in [-0.1, -0.05) is 15.9 Å². The number of halogens is 1. The highest BCUT2D eigenvalue weighted by molar-refractivity contribution is 9.10. The second-order valence-electron chi connectivity index (χ2n) is 4.31. The highest BCUT2D eigenvalue weighted by Gasteiger charge is 2.19. The summed E-state index contributed by atoms with van der Waals surface area (Å²) >= 11 is 3.29. The van der Waals surface area contributed by atoms with Crippen LogP contribution in [0.5, 0.6) is 5.75 Å². The van der Waals surface area contributed by atoms with Gasteiger partial charge in [0.2, 0.25) is 0 Å². The molecular weight excluding hydrogens is 340 g/mol. The van der Waals surface area contributed by atoms with E-state index in [9.17, 15) is 9.59 Å². The average Bonchev–Trinajstić information content (AvgIpc) is 2.79. The van der Waals surface area contributed by atoms with Crippen LogP contribution in [0.1, 0.15) is 26.4 Å². The van der Waals surface area contributed by atoms with Crippen LogP contribution in [-0.4, -0.2) is 29.1 Å². The SMILES string of the molecule is COc1cc(Br)ccc1C(=O)Nc1c[nH]c(C)c1C(=O)O. The summed E-state index contributed by atoms with van der Waals surface area (Å²) in [5.41, 5.74) is 1.05. The van der Waals surface area contributed by atoms with Crippen LogP contribution in [0.15, 0.2) is 28.9 Å². The number of amides is 1. The van der Waals surface area contributed by atoms with Gasteiger partial charge in [0.05, 0.1) is 18.4 Å². The molecule has 0 radical (unpaired) electrons. The molecule has 3 N–H and O–H groups in total. The fourth-order valence-electron chi connectivity index (χ4n) is 1.94. The molecule has 110 valence electrons. The number of nitrogens with one attached hydrogen (secondary N) is 2. The molecule has 0 bridgehead atoms. The highest BCUT2D eigenvalue weighted by atomic mass is 79.9. The number of aromatic amines is 1. The molecule has 2 rings (SSSR count). The largest absolute Gasteiger partial charge is 0.496 e. The zero-order chi connectivity index (χ0) is 15.6. The molecule has 0 spiro atoms. The van der Waals surface area contributed by atoms with Crippen molar-refractivity contribution < 1.29 is 19.4 Å². The molecular formula is C14H13BrN2O4. The average molecular weight is 353 g/mol. The summed E-state index contributed by atoms with van der Waals surface area (Å²) in [5, 5.41) is 11.7. The summed E-state index contributed by atoms with van der Waals surface area (Å²) in [4.78, 5) is 26.2. The Labute approximate surface area is 129 Å². The molecule has 0 aliphatic carbocycles. The summed E-state index contributed by atoms with van der Waals surface area (Å²) in [6.45, 7) is 1.62. The molecule has 0 atom stereocenters. The normalized spacial score (nSPS) is 10.2. The van der Waals surface area contributed by atoms with E-state index in [2.05, 4.69) is 26.2 Å². The third-order valence-corrected chi connectivity index (χ3v) is 3.44. The van der Waals surface area contributed by atoms with E-state index in [-0.39, 0.29) is 11.3 Å². The molecule has 1 amide bonds. The number of anilines is 1. The second kappa shape index (κ2) is 6.01. The molecule has 21 heavy (non-hydrogen) atoms. The van der Waals surface area contributed by atoms with Gasteiger partial charge in [-0.3, -0.25) is 4.79 Å². The van der Waals surface area contributed by atoms with Crippen molar-refractivity contribution in [3.05, 3.63) is 45.7 Å². The standard InChI is InChI=1S/C14H13BrN2O4/c1-7-12(14(19)20)10(6-16-7)17-13(18)9-4-3-8(15)5-11(9)21-2/h3-6,16H,1-2H3,(H,17,18)(H,19,20). The van der Waals surface area contributed by atoms with Gasteiger partial charge in [-0.25, -0.2) is 4.79 Å². The van der Waals surface area contributed by atoms with Crippen LogP contribution in [0.4, 0.5) is 5.69 Å². The monoisotopic (exact) mass is 352 g/mol. The van der Waals surface area contributed by atoms with Gasteiger partial charge in [0.1, 0.15) is 11.3 Å². The lowest BCUT2D eigenvalue weighted by Crippen LogP contribution is -2.15. The van der Waals surface area contributed by atoms with Crippen LogP contribution in [0, 0.1) is 6.92 Å². The van der Waals surface area contributed by atoms with Gasteiger partial charge >= 0.3 is 5.97 Å². The van der Waals surface area contributed by atoms with Crippen molar-refractivity contribution in [3.63, 3.8) is 0 Å². The molecule has 0 saturated heterocycles. The third-order valence-electron chi connectivity index (χ3n) is 2.95. The maximum absolute atomic E-state index is 12.3. The van der Waals surface area contributed by atoms with Crippen molar-refractivity contribution in [1.82, 2.24) is 4.98 Å². The van der Waals surface area contributed by atoms with Crippen molar-refractivity contribution >= 4 is 33.5 Å². The zero-order valence-electron chi connectivity index (χ0n) is 11.4. The maximum Gasteiger partial charge on any atom is 0.339 e. The van der Waals surface area contributed by atoms with E-state index in [0.29, 0.717) is 17.0 Å². The molecule has 1 aromatic heterocycles. The minimum absolute atomic E-state index is 0.0411. The molecule has 0 unspecified atom stereocenters. The fraction of sp³-hybridized carbons (Fsp3) is 0.143. The molecule has 1 aromatic carbocycles. The molecule has 7 heteroatoms. The molecule has 0 aliphatic heterocycles. The number of methoxy groups -OCH3 is 1. The Morgan fingerprint density at radius 1 is 1.38 bits per heavy atom. The van der Waals surface area contributed by atoms with Crippen molar-refractivity contribution in [2.45, 2.75) is 6.92 Å². The lowest BCUT2D eigenvalue weighted by Gasteiger charge is -2.09. The van der Waals surface area contributed by atoms with Gasteiger partial charge in [0, 0.05) is 16.4 Å². The zero-order valence-corrected chi connectivity index (χ0v) is 12.9. The van der Waals surface area contributed by atoms with Crippen molar-refractivity contribution in [1.29, 1.82) is 0 Å². The smallest absolute Gasteiger partial charge is 0.339 e. The van der Waals surface area contributed by atoms with Gasteiger partial charge < -0.3 is 20.1 Å². The molecule has 0 fully saturated rings. The predicted octanol–water partition coefficient (Wildman–Crippen LogP) is 3.04. The molecule has 1 heterocycles. The third kappa shape index (κ3) is 3.08. The van der Waals surface area contributed by atoms with Crippen LogP contribution < -0.4 is 10.1 Å². The van der Waals surface area contributed by atoms with Crippen molar-refractivity contribution in [2.75, 3.05) is 12.4 Å². The van der Waals surface area contributed by atoms with Gasteiger partial charge in [0.15, 0.2) is 0 Å². The number of carboxylic acid groups (broad SMARTS) is 1. The van der Waals surface area contributed by atoms with E-state index in [1.807, 2.05) is 0 Å². The number of hydrogen-bond donors (Lipinski definition) is 3. The first kappa shape index (κ1) is 15.1. The van der Waals surface area contributed by atoms with Crippen molar-refractivity contribution in [2.24, 2.45) is 0 Å². The number of carboxylic acids is 1. The molecule has 0 saturated carbocycles. The minimum atomic E-state index is -1.10. The van der Waals surface area contributed by atoms with E-state index in [1.165, 1.54) is 13.3 Å². The quantitative estimate of drug-likeness (QED) is 0.788. The Bertz CT molecular complexity index is 709. The highest BCUT2D eigenvalue weighted by Crippen LogP contribution is 2.26. The first-order valence-corrected chi connectivity index (χ1v) is 6.79. The van der Waals surface area contributed by atoms with Crippen LogP contribution in [0.2, 0.25) is 0 Å². The Morgan fingerprint density at radius 3 is 2.71 bits per heavy atom. The summed E-state index contributed by atoms with van der Waals surface area (Å²) in [6, 6.07) is 4.96. The van der Waals surface area contributed by atoms with E-state index in [4.69, 9.17) is 9.84 Å². The van der Waals surface area contributed by atoms with Gasteiger partial charge in [-0.2, -0.15) is 0 Å². The lowest BCUT2D eigenvalue weighted by molar-refractivity contribution is 0.0697. The predicted molar refractivity (Wildman–Crippen MR) is 81.1 cm³/mol. The fourth-order valence-corrected chi connectivity index (χ4v) is 2.28. The summed E-state index contributed by atoms with van der Waals surface area (Å²) in [6.07, 6.45) is 1.45. The summed E-state index contributed by atoms with van der Waals surface area (Å²) < 4.78 is 5.93. The number of H-pyrrole nitrogens is 1. The second-order valence-corrected chi connectivity index (χ2v) is 5.22. The molecule has 0 aliphatic rings. The van der Waals surface area contributed by atoms with Crippen LogP contribution in [-0.2, 0) is 0 Å². The number of aryl methyl sites for hydroxylation is 1. The maximum atomic E-state index is 12.3. The van der Waals surface area contributed by atoms with Crippen LogP contribution in [0.25, 0.3) is 0 Å². The van der Waals surface area contributed by atoms with Crippen LogP contribution >= 0.6 is 15.9 Å². The number of benzene rings is 1. The Hall–Kier alpha value is -2.28. The van der Waals surface area contributed by atoms with E-state index in [1.54, 1.807) is 25.1 Å².